The van der Waals surface area contributed by atoms with Crippen molar-refractivity contribution in [2.24, 2.45) is 0 Å². The molecule has 296 valence electrons. The number of aliphatic hydroxyl groups is 2. The summed E-state index contributed by atoms with van der Waals surface area (Å²) >= 11 is 0. The number of hydrogen-bond donors (Lipinski definition) is 4. The lowest BCUT2D eigenvalue weighted by atomic mass is 9.92. The van der Waals surface area contributed by atoms with Crippen LogP contribution < -0.4 is 5.73 Å². The molecule has 0 spiro atoms. The number of nitrogen functional groups attached to an aromatic ring is 1. The Morgan fingerprint density at radius 2 is 1.70 bits per heavy atom. The molecule has 5 N–H and O–H groups in total. The van der Waals surface area contributed by atoms with E-state index >= 15 is 0 Å². The Bertz CT molecular complexity index is 1750. The molecule has 2 aromatic heterocycles. The van der Waals surface area contributed by atoms with Gasteiger partial charge in [-0.05, 0) is 30.7 Å². The summed E-state index contributed by atoms with van der Waals surface area (Å²) < 4.78 is 56.5. The molecule has 4 rings (SSSR count). The number of phosphoric acid groups is 1. The molecule has 54 heavy (non-hydrogen) atoms. The zero-order valence-electron chi connectivity index (χ0n) is 30.7. The first-order valence-corrected chi connectivity index (χ1v) is 20.1. The molecule has 1 saturated heterocycles. The summed E-state index contributed by atoms with van der Waals surface area (Å²) in [4.78, 5) is 14.4. The van der Waals surface area contributed by atoms with Crippen molar-refractivity contribution in [2.75, 3.05) is 32.2 Å². The van der Waals surface area contributed by atoms with E-state index in [0.29, 0.717) is 12.1 Å². The maximum absolute atomic E-state index is 14.5. The normalized spacial score (nSPS) is 21.5. The third-order valence-corrected chi connectivity index (χ3v) is 10.4. The molecule has 0 bridgehead atoms. The summed E-state index contributed by atoms with van der Waals surface area (Å²) in [6, 6.07) is 10.7. The van der Waals surface area contributed by atoms with Gasteiger partial charge in [0.05, 0.1) is 43.8 Å². The first-order chi connectivity index (χ1) is 26.0. The number of halogens is 1. The second-order valence-electron chi connectivity index (χ2n) is 13.5. The standard InChI is InChI=1S/C37H52FN6O9P/c1-2-3-4-5-6-7-8-9-10-11-12-13-18-49-22-29(50-21-28-15-14-27(20-39)19-30(28)38)23-51-54(47,48)52-24-32-34(45)35(46)37(25-40,53-32)33-17-16-31-36(41)42-26-43-44(31)33/h14-17,19,26,29,32,34-35,45-46H,2-13,18,21-24H2,1H3,(H,47,48)(H2,41,42,43)/t29-,32-,34-,35-,37+/m1/s1. The van der Waals surface area contributed by atoms with E-state index in [1.807, 2.05) is 12.1 Å². The Morgan fingerprint density at radius 3 is 2.35 bits per heavy atom. The number of fused-ring (bicyclic) bond motifs is 1. The first kappa shape index (κ1) is 43.2. The number of ether oxygens (including phenoxy) is 3. The molecular weight excluding hydrogens is 722 g/mol. The number of phosphoric ester groups is 1. The largest absolute Gasteiger partial charge is 0.472 e. The summed E-state index contributed by atoms with van der Waals surface area (Å²) in [5.41, 5.74) is 4.45. The summed E-state index contributed by atoms with van der Waals surface area (Å²) in [5.74, 6) is -0.535. The molecule has 0 saturated carbocycles. The van der Waals surface area contributed by atoms with E-state index in [0.717, 1.165) is 31.7 Å². The molecule has 3 heterocycles. The van der Waals surface area contributed by atoms with Crippen LogP contribution in [-0.4, -0.2) is 80.5 Å². The van der Waals surface area contributed by atoms with Crippen LogP contribution in [0.2, 0.25) is 0 Å². The lowest BCUT2D eigenvalue weighted by molar-refractivity contribution is -0.0691. The van der Waals surface area contributed by atoms with Gasteiger partial charge in [-0.1, -0.05) is 83.6 Å². The third-order valence-electron chi connectivity index (χ3n) is 9.41. The highest BCUT2D eigenvalue weighted by Crippen LogP contribution is 2.46. The van der Waals surface area contributed by atoms with E-state index in [2.05, 4.69) is 17.0 Å². The molecule has 1 unspecified atom stereocenters. The highest BCUT2D eigenvalue weighted by atomic mass is 31.2. The number of benzene rings is 1. The Labute approximate surface area is 315 Å². The van der Waals surface area contributed by atoms with E-state index in [1.54, 1.807) is 0 Å². The van der Waals surface area contributed by atoms with Gasteiger partial charge < -0.3 is 35.1 Å². The average Bonchev–Trinajstić information content (AvgIpc) is 3.71. The topological polar surface area (TPSA) is 228 Å². The molecule has 17 heteroatoms. The Kier molecular flexibility index (Phi) is 17.2. The van der Waals surface area contributed by atoms with Crippen LogP contribution in [0.1, 0.15) is 101 Å². The van der Waals surface area contributed by atoms with E-state index in [4.69, 9.17) is 34.3 Å². The number of hydrogen-bond acceptors (Lipinski definition) is 13. The Hall–Kier alpha value is -3.54. The zero-order valence-corrected chi connectivity index (χ0v) is 31.6. The second-order valence-corrected chi connectivity index (χ2v) is 14.9. The fourth-order valence-electron chi connectivity index (χ4n) is 6.28. The minimum atomic E-state index is -4.83. The van der Waals surface area contributed by atoms with Gasteiger partial charge in [0.25, 0.3) is 0 Å². The monoisotopic (exact) mass is 774 g/mol. The van der Waals surface area contributed by atoms with Crippen LogP contribution in [0.3, 0.4) is 0 Å². The summed E-state index contributed by atoms with van der Waals surface area (Å²) in [6.07, 6.45) is 9.67. The maximum Gasteiger partial charge on any atom is 0.472 e. The summed E-state index contributed by atoms with van der Waals surface area (Å²) in [5, 5.41) is 44.9. The maximum atomic E-state index is 14.5. The van der Waals surface area contributed by atoms with Crippen molar-refractivity contribution in [1.82, 2.24) is 14.6 Å². The fourth-order valence-corrected chi connectivity index (χ4v) is 7.04. The van der Waals surface area contributed by atoms with Gasteiger partial charge in [0, 0.05) is 12.2 Å². The molecule has 3 aromatic rings. The SMILES string of the molecule is CCCCCCCCCCCCCCOC[C@H](COP(=O)(O)OC[C@H]1O[C@@](C#N)(c2ccc3c(N)ncnn23)[C@H](O)[C@@H]1O)OCc1ccc(C#N)cc1F. The quantitative estimate of drug-likeness (QED) is 0.0607. The predicted molar refractivity (Wildman–Crippen MR) is 195 cm³/mol. The number of unbranched alkanes of at least 4 members (excludes halogenated alkanes) is 11. The van der Waals surface area contributed by atoms with Crippen LogP contribution in [0, 0.1) is 28.5 Å². The van der Waals surface area contributed by atoms with Crippen molar-refractivity contribution in [3.63, 3.8) is 0 Å². The number of rotatable bonds is 25. The van der Waals surface area contributed by atoms with Gasteiger partial charge in [-0.25, -0.2) is 18.5 Å². The molecule has 1 aromatic carbocycles. The van der Waals surface area contributed by atoms with Crippen LogP contribution in [0.15, 0.2) is 36.7 Å². The summed E-state index contributed by atoms with van der Waals surface area (Å²) in [7, 11) is -4.83. The number of aliphatic hydroxyl groups excluding tert-OH is 2. The molecular formula is C37H52FN6O9P. The molecule has 1 fully saturated rings. The highest BCUT2D eigenvalue weighted by Gasteiger charge is 2.58. The van der Waals surface area contributed by atoms with Gasteiger partial charge in [0.2, 0.25) is 5.60 Å². The number of anilines is 1. The smallest absolute Gasteiger partial charge is 0.387 e. The van der Waals surface area contributed by atoms with E-state index in [-0.39, 0.29) is 35.9 Å². The fraction of sp³-hybridized carbons (Fsp3) is 0.622. The summed E-state index contributed by atoms with van der Waals surface area (Å²) in [6.45, 7) is 1.15. The lowest BCUT2D eigenvalue weighted by Crippen LogP contribution is -2.41. The van der Waals surface area contributed by atoms with Crippen LogP contribution in [-0.2, 0) is 40.0 Å². The molecule has 1 aliphatic heterocycles. The minimum Gasteiger partial charge on any atom is -0.387 e. The predicted octanol–water partition coefficient (Wildman–Crippen LogP) is 5.60. The average molecular weight is 775 g/mol. The molecule has 1 aliphatic rings. The molecule has 6 atom stereocenters. The van der Waals surface area contributed by atoms with Crippen molar-refractivity contribution in [3.8, 4) is 12.1 Å². The minimum absolute atomic E-state index is 0.0311. The van der Waals surface area contributed by atoms with Gasteiger partial charge in [0.15, 0.2) is 5.82 Å². The van der Waals surface area contributed by atoms with Gasteiger partial charge in [-0.2, -0.15) is 15.6 Å². The second kappa shape index (κ2) is 21.5. The third kappa shape index (κ3) is 12.0. The molecule has 0 aliphatic carbocycles. The van der Waals surface area contributed by atoms with Crippen LogP contribution in [0.25, 0.3) is 5.52 Å². The Balaban J connectivity index is 1.26. The van der Waals surface area contributed by atoms with Crippen molar-refractivity contribution < 1.29 is 47.3 Å². The van der Waals surface area contributed by atoms with Gasteiger partial charge in [-0.15, -0.1) is 0 Å². The van der Waals surface area contributed by atoms with Crippen LogP contribution >= 0.6 is 7.82 Å². The van der Waals surface area contributed by atoms with E-state index in [1.165, 1.54) is 86.6 Å². The van der Waals surface area contributed by atoms with Crippen molar-refractivity contribution in [2.45, 2.75) is 121 Å². The number of aromatic nitrogens is 3. The van der Waals surface area contributed by atoms with Gasteiger partial charge in [0.1, 0.15) is 48.1 Å². The Morgan fingerprint density at radius 1 is 1.02 bits per heavy atom. The zero-order chi connectivity index (χ0) is 39.0. The van der Waals surface area contributed by atoms with E-state index in [9.17, 15) is 29.3 Å². The highest BCUT2D eigenvalue weighted by molar-refractivity contribution is 7.47. The van der Waals surface area contributed by atoms with Crippen molar-refractivity contribution in [3.05, 3.63) is 59.3 Å². The number of nitrogens with zero attached hydrogens (tertiary/aromatic N) is 5. The molecule has 0 radical (unpaired) electrons. The van der Waals surface area contributed by atoms with Crippen molar-refractivity contribution >= 4 is 19.2 Å². The number of nitriles is 2. The van der Waals surface area contributed by atoms with Crippen LogP contribution in [0.4, 0.5) is 10.2 Å². The van der Waals surface area contributed by atoms with E-state index < -0.39 is 56.9 Å². The lowest BCUT2D eigenvalue weighted by Gasteiger charge is -2.24. The first-order valence-electron chi connectivity index (χ1n) is 18.6. The van der Waals surface area contributed by atoms with Crippen molar-refractivity contribution in [1.29, 1.82) is 10.5 Å². The van der Waals surface area contributed by atoms with Crippen LogP contribution in [0.5, 0.6) is 0 Å². The van der Waals surface area contributed by atoms with Gasteiger partial charge >= 0.3 is 7.82 Å². The number of nitrogens with two attached hydrogens (primary N) is 1. The molecule has 0 amide bonds. The molecule has 15 nitrogen and oxygen atoms in total. The van der Waals surface area contributed by atoms with Gasteiger partial charge in [-0.3, -0.25) is 9.05 Å².